The summed E-state index contributed by atoms with van der Waals surface area (Å²) in [6, 6.07) is 5.45. The lowest BCUT2D eigenvalue weighted by Gasteiger charge is -2.08. The Morgan fingerprint density at radius 2 is 1.88 bits per heavy atom. The molecule has 2 aromatic rings. The molecule has 82 valence electrons. The fourth-order valence-corrected chi connectivity index (χ4v) is 1.46. The van der Waals surface area contributed by atoms with Gasteiger partial charge in [-0.25, -0.2) is 4.39 Å². The van der Waals surface area contributed by atoms with Crippen LogP contribution in [0.25, 0.3) is 0 Å². The van der Waals surface area contributed by atoms with Crippen LogP contribution < -0.4 is 4.74 Å². The van der Waals surface area contributed by atoms with Crippen LogP contribution in [0, 0.1) is 5.82 Å². The summed E-state index contributed by atoms with van der Waals surface area (Å²) in [6.45, 7) is 0. The lowest BCUT2D eigenvalue weighted by atomic mass is 10.3. The van der Waals surface area contributed by atoms with Crippen molar-refractivity contribution < 1.29 is 9.13 Å². The Hall–Kier alpha value is -1.32. The Kier molecular flexibility index (Phi) is 3.27. The lowest BCUT2D eigenvalue weighted by molar-refractivity contribution is 0.479. The monoisotopic (exact) mass is 257 g/mol. The smallest absolute Gasteiger partial charge is 0.164 e. The molecule has 0 radical (unpaired) electrons. The molecule has 0 bridgehead atoms. The van der Waals surface area contributed by atoms with Crippen LogP contribution in [0.4, 0.5) is 4.39 Å². The minimum absolute atomic E-state index is 0.180. The topological polar surface area (TPSA) is 22.1 Å². The standard InChI is InChI=1S/C11H6Cl2FNO/c12-8-3-4-15-6-11(8)16-10-2-1-7(14)5-9(10)13/h1-6H. The minimum atomic E-state index is -0.422. The molecule has 0 fully saturated rings. The number of pyridine rings is 1. The summed E-state index contributed by atoms with van der Waals surface area (Å²) in [6.07, 6.45) is 3.00. The highest BCUT2D eigenvalue weighted by Crippen LogP contribution is 2.32. The van der Waals surface area contributed by atoms with E-state index in [0.29, 0.717) is 16.5 Å². The molecule has 0 spiro atoms. The Balaban J connectivity index is 2.31. The van der Waals surface area contributed by atoms with Gasteiger partial charge in [0.1, 0.15) is 11.6 Å². The molecule has 1 heterocycles. The van der Waals surface area contributed by atoms with Gasteiger partial charge in [0, 0.05) is 6.20 Å². The summed E-state index contributed by atoms with van der Waals surface area (Å²) in [5, 5.41) is 0.593. The number of rotatable bonds is 2. The second-order valence-corrected chi connectivity index (χ2v) is 3.80. The van der Waals surface area contributed by atoms with Gasteiger partial charge >= 0.3 is 0 Å². The van der Waals surface area contributed by atoms with E-state index in [1.165, 1.54) is 24.4 Å². The second kappa shape index (κ2) is 4.68. The van der Waals surface area contributed by atoms with E-state index in [9.17, 15) is 4.39 Å². The number of ether oxygens (including phenoxy) is 1. The Bertz CT molecular complexity index is 519. The number of hydrogen-bond donors (Lipinski definition) is 0. The molecule has 2 nitrogen and oxygen atoms in total. The molecule has 0 unspecified atom stereocenters. The molecule has 16 heavy (non-hydrogen) atoms. The molecule has 0 atom stereocenters. The summed E-state index contributed by atoms with van der Waals surface area (Å²) in [7, 11) is 0. The van der Waals surface area contributed by atoms with Gasteiger partial charge in [0.05, 0.1) is 16.2 Å². The summed E-state index contributed by atoms with van der Waals surface area (Å²) in [4.78, 5) is 3.86. The number of halogens is 3. The number of aromatic nitrogens is 1. The molecule has 0 aliphatic rings. The van der Waals surface area contributed by atoms with Crippen LogP contribution in [-0.4, -0.2) is 4.98 Å². The van der Waals surface area contributed by atoms with Crippen molar-refractivity contribution in [2.24, 2.45) is 0 Å². The molecular weight excluding hydrogens is 252 g/mol. The van der Waals surface area contributed by atoms with Crippen molar-refractivity contribution in [1.29, 1.82) is 0 Å². The highest BCUT2D eigenvalue weighted by atomic mass is 35.5. The SMILES string of the molecule is Fc1ccc(Oc2cnccc2Cl)c(Cl)c1. The first-order chi connectivity index (χ1) is 7.66. The molecule has 0 N–H and O–H groups in total. The quantitative estimate of drug-likeness (QED) is 0.800. The van der Waals surface area contributed by atoms with E-state index in [4.69, 9.17) is 27.9 Å². The minimum Gasteiger partial charge on any atom is -0.453 e. The molecule has 0 aliphatic carbocycles. The number of hydrogen-bond acceptors (Lipinski definition) is 2. The zero-order chi connectivity index (χ0) is 11.5. The summed E-state index contributed by atoms with van der Waals surface area (Å²) < 4.78 is 18.2. The second-order valence-electron chi connectivity index (χ2n) is 2.98. The van der Waals surface area contributed by atoms with Gasteiger partial charge in [0.2, 0.25) is 0 Å². The van der Waals surface area contributed by atoms with Crippen LogP contribution in [-0.2, 0) is 0 Å². The van der Waals surface area contributed by atoms with E-state index in [1.54, 1.807) is 12.3 Å². The first-order valence-corrected chi connectivity index (χ1v) is 5.15. The Morgan fingerprint density at radius 1 is 1.06 bits per heavy atom. The van der Waals surface area contributed by atoms with Gasteiger partial charge in [-0.3, -0.25) is 4.98 Å². The number of benzene rings is 1. The van der Waals surface area contributed by atoms with E-state index in [0.717, 1.165) is 0 Å². The van der Waals surface area contributed by atoms with Gasteiger partial charge in [0.25, 0.3) is 0 Å². The third kappa shape index (κ3) is 2.43. The molecule has 1 aromatic heterocycles. The predicted molar refractivity (Wildman–Crippen MR) is 60.7 cm³/mol. The lowest BCUT2D eigenvalue weighted by Crippen LogP contribution is -1.88. The van der Waals surface area contributed by atoms with Gasteiger partial charge in [0.15, 0.2) is 5.75 Å². The zero-order valence-electron chi connectivity index (χ0n) is 7.95. The van der Waals surface area contributed by atoms with Crippen LogP contribution in [0.5, 0.6) is 11.5 Å². The van der Waals surface area contributed by atoms with Crippen LogP contribution in [0.3, 0.4) is 0 Å². The van der Waals surface area contributed by atoms with Gasteiger partial charge in [-0.05, 0) is 24.3 Å². The van der Waals surface area contributed by atoms with Crippen molar-refractivity contribution in [2.45, 2.75) is 0 Å². The highest BCUT2D eigenvalue weighted by Gasteiger charge is 2.07. The van der Waals surface area contributed by atoms with Crippen LogP contribution in [0.1, 0.15) is 0 Å². The third-order valence-corrected chi connectivity index (χ3v) is 2.46. The fraction of sp³-hybridized carbons (Fsp3) is 0. The van der Waals surface area contributed by atoms with Gasteiger partial charge < -0.3 is 4.74 Å². The molecule has 1 aromatic carbocycles. The maximum atomic E-state index is 12.8. The first kappa shape index (κ1) is 11.2. The average Bonchev–Trinajstić information content (AvgIpc) is 2.25. The van der Waals surface area contributed by atoms with E-state index >= 15 is 0 Å². The van der Waals surface area contributed by atoms with Crippen molar-refractivity contribution in [3.8, 4) is 11.5 Å². The first-order valence-electron chi connectivity index (χ1n) is 4.39. The molecule has 0 amide bonds. The van der Waals surface area contributed by atoms with Crippen molar-refractivity contribution in [2.75, 3.05) is 0 Å². The van der Waals surface area contributed by atoms with Crippen molar-refractivity contribution in [3.05, 3.63) is 52.5 Å². The summed E-state index contributed by atoms with van der Waals surface area (Å²) >= 11 is 11.7. The van der Waals surface area contributed by atoms with E-state index in [2.05, 4.69) is 4.98 Å². The summed E-state index contributed by atoms with van der Waals surface area (Å²) in [5.41, 5.74) is 0. The Morgan fingerprint density at radius 3 is 2.56 bits per heavy atom. The number of nitrogens with zero attached hydrogens (tertiary/aromatic N) is 1. The Labute approximate surface area is 102 Å². The van der Waals surface area contributed by atoms with Crippen molar-refractivity contribution in [1.82, 2.24) is 4.98 Å². The van der Waals surface area contributed by atoms with Crippen LogP contribution in [0.2, 0.25) is 10.0 Å². The van der Waals surface area contributed by atoms with Crippen molar-refractivity contribution >= 4 is 23.2 Å². The van der Waals surface area contributed by atoms with Crippen molar-refractivity contribution in [3.63, 3.8) is 0 Å². The third-order valence-electron chi connectivity index (χ3n) is 1.85. The predicted octanol–water partition coefficient (Wildman–Crippen LogP) is 4.32. The zero-order valence-corrected chi connectivity index (χ0v) is 9.47. The van der Waals surface area contributed by atoms with E-state index in [-0.39, 0.29) is 5.02 Å². The average molecular weight is 258 g/mol. The van der Waals surface area contributed by atoms with Gasteiger partial charge in [-0.15, -0.1) is 0 Å². The summed E-state index contributed by atoms with van der Waals surface area (Å²) in [5.74, 6) is 0.283. The molecule has 2 rings (SSSR count). The molecular formula is C11H6Cl2FNO. The fourth-order valence-electron chi connectivity index (χ4n) is 1.11. The normalized spacial score (nSPS) is 10.2. The molecule has 0 aliphatic heterocycles. The maximum absolute atomic E-state index is 12.8. The van der Waals surface area contributed by atoms with Crippen LogP contribution in [0.15, 0.2) is 36.7 Å². The van der Waals surface area contributed by atoms with Crippen LogP contribution >= 0.6 is 23.2 Å². The maximum Gasteiger partial charge on any atom is 0.164 e. The van der Waals surface area contributed by atoms with Gasteiger partial charge in [-0.1, -0.05) is 23.2 Å². The molecule has 0 saturated heterocycles. The molecule has 0 saturated carbocycles. The molecule has 5 heteroatoms. The van der Waals surface area contributed by atoms with E-state index < -0.39 is 5.82 Å². The highest BCUT2D eigenvalue weighted by molar-refractivity contribution is 6.32. The van der Waals surface area contributed by atoms with Gasteiger partial charge in [-0.2, -0.15) is 0 Å². The largest absolute Gasteiger partial charge is 0.453 e. The van der Waals surface area contributed by atoms with E-state index in [1.807, 2.05) is 0 Å².